The van der Waals surface area contributed by atoms with Crippen molar-refractivity contribution in [1.29, 1.82) is 0 Å². The molecule has 2 nitrogen and oxygen atoms in total. The highest BCUT2D eigenvalue weighted by atomic mass is 16.5. The molecule has 0 aliphatic carbocycles. The SMILES string of the molecule is CC(C)=CN1CCOCC1. The lowest BCUT2D eigenvalue weighted by Crippen LogP contribution is -2.32. The van der Waals surface area contributed by atoms with Crippen LogP contribution in [0.1, 0.15) is 13.8 Å². The molecule has 0 aromatic heterocycles. The van der Waals surface area contributed by atoms with Gasteiger partial charge < -0.3 is 9.64 Å². The molecular formula is C8H15NO. The van der Waals surface area contributed by atoms with Gasteiger partial charge in [-0.05, 0) is 20.0 Å². The van der Waals surface area contributed by atoms with Crippen molar-refractivity contribution < 1.29 is 4.74 Å². The number of hydrogen-bond donors (Lipinski definition) is 0. The number of allylic oxidation sites excluding steroid dienone is 1. The van der Waals surface area contributed by atoms with Crippen molar-refractivity contribution in [2.45, 2.75) is 13.8 Å². The molecular weight excluding hydrogens is 126 g/mol. The monoisotopic (exact) mass is 141 g/mol. The number of morpholine rings is 1. The van der Waals surface area contributed by atoms with E-state index in [0.717, 1.165) is 26.3 Å². The Morgan fingerprint density at radius 3 is 2.40 bits per heavy atom. The normalized spacial score (nSPS) is 18.8. The van der Waals surface area contributed by atoms with Gasteiger partial charge in [0.25, 0.3) is 0 Å². The minimum absolute atomic E-state index is 0.879. The van der Waals surface area contributed by atoms with E-state index in [1.165, 1.54) is 5.57 Å². The van der Waals surface area contributed by atoms with E-state index in [4.69, 9.17) is 4.74 Å². The van der Waals surface area contributed by atoms with Crippen LogP contribution in [0.25, 0.3) is 0 Å². The van der Waals surface area contributed by atoms with Crippen molar-refractivity contribution >= 4 is 0 Å². The summed E-state index contributed by atoms with van der Waals surface area (Å²) in [6, 6.07) is 0. The van der Waals surface area contributed by atoms with Crippen molar-refractivity contribution in [3.05, 3.63) is 11.8 Å². The molecule has 1 rings (SSSR count). The van der Waals surface area contributed by atoms with Crippen molar-refractivity contribution in [3.8, 4) is 0 Å². The standard InChI is InChI=1S/C8H15NO/c1-8(2)7-9-3-5-10-6-4-9/h7H,3-6H2,1-2H3. The van der Waals surface area contributed by atoms with E-state index in [1.54, 1.807) is 0 Å². The van der Waals surface area contributed by atoms with Gasteiger partial charge in [-0.3, -0.25) is 0 Å². The highest BCUT2D eigenvalue weighted by molar-refractivity contribution is 4.93. The van der Waals surface area contributed by atoms with Gasteiger partial charge in [0.2, 0.25) is 0 Å². The quantitative estimate of drug-likeness (QED) is 0.545. The topological polar surface area (TPSA) is 12.5 Å². The Morgan fingerprint density at radius 1 is 1.30 bits per heavy atom. The average Bonchev–Trinajstić information content (AvgIpc) is 1.88. The molecule has 1 heterocycles. The summed E-state index contributed by atoms with van der Waals surface area (Å²) in [7, 11) is 0. The van der Waals surface area contributed by atoms with Gasteiger partial charge >= 0.3 is 0 Å². The highest BCUT2D eigenvalue weighted by Crippen LogP contribution is 2.00. The average molecular weight is 141 g/mol. The second kappa shape index (κ2) is 3.62. The van der Waals surface area contributed by atoms with Gasteiger partial charge in [-0.2, -0.15) is 0 Å². The van der Waals surface area contributed by atoms with Gasteiger partial charge in [-0.1, -0.05) is 5.57 Å². The van der Waals surface area contributed by atoms with E-state index < -0.39 is 0 Å². The Balaban J connectivity index is 2.33. The maximum absolute atomic E-state index is 5.21. The first-order valence-corrected chi connectivity index (χ1v) is 3.76. The molecule has 0 radical (unpaired) electrons. The van der Waals surface area contributed by atoms with Gasteiger partial charge in [0.05, 0.1) is 13.2 Å². The molecule has 1 fully saturated rings. The van der Waals surface area contributed by atoms with Gasteiger partial charge in [-0.25, -0.2) is 0 Å². The number of hydrogen-bond acceptors (Lipinski definition) is 2. The van der Waals surface area contributed by atoms with Crippen LogP contribution < -0.4 is 0 Å². The molecule has 1 aliphatic rings. The molecule has 0 bridgehead atoms. The second-order valence-electron chi connectivity index (χ2n) is 2.85. The van der Waals surface area contributed by atoms with Crippen molar-refractivity contribution in [3.63, 3.8) is 0 Å². The van der Waals surface area contributed by atoms with E-state index in [-0.39, 0.29) is 0 Å². The summed E-state index contributed by atoms with van der Waals surface area (Å²) in [6.07, 6.45) is 2.20. The van der Waals surface area contributed by atoms with Crippen molar-refractivity contribution in [1.82, 2.24) is 4.90 Å². The van der Waals surface area contributed by atoms with Crippen molar-refractivity contribution in [2.24, 2.45) is 0 Å². The second-order valence-corrected chi connectivity index (χ2v) is 2.85. The Kier molecular flexibility index (Phi) is 2.75. The maximum atomic E-state index is 5.21. The minimum atomic E-state index is 0.879. The summed E-state index contributed by atoms with van der Waals surface area (Å²) in [5.74, 6) is 0. The van der Waals surface area contributed by atoms with E-state index in [2.05, 4.69) is 24.9 Å². The zero-order valence-corrected chi connectivity index (χ0v) is 6.76. The lowest BCUT2D eigenvalue weighted by molar-refractivity contribution is 0.0590. The first-order valence-electron chi connectivity index (χ1n) is 3.76. The van der Waals surface area contributed by atoms with Gasteiger partial charge in [-0.15, -0.1) is 0 Å². The van der Waals surface area contributed by atoms with Crippen LogP contribution in [0.5, 0.6) is 0 Å². The van der Waals surface area contributed by atoms with Gasteiger partial charge in [0.1, 0.15) is 0 Å². The highest BCUT2D eigenvalue weighted by Gasteiger charge is 2.04. The van der Waals surface area contributed by atoms with Crippen LogP contribution >= 0.6 is 0 Å². The third-order valence-corrected chi connectivity index (χ3v) is 1.49. The van der Waals surface area contributed by atoms with Crippen LogP contribution in [0, 0.1) is 0 Å². The molecule has 2 heteroatoms. The van der Waals surface area contributed by atoms with Crippen LogP contribution in [0.3, 0.4) is 0 Å². The van der Waals surface area contributed by atoms with E-state index >= 15 is 0 Å². The van der Waals surface area contributed by atoms with E-state index in [0.29, 0.717) is 0 Å². The Morgan fingerprint density at radius 2 is 1.90 bits per heavy atom. The first-order chi connectivity index (χ1) is 4.79. The molecule has 0 amide bonds. The molecule has 0 spiro atoms. The fourth-order valence-corrected chi connectivity index (χ4v) is 1.07. The summed E-state index contributed by atoms with van der Waals surface area (Å²) < 4.78 is 5.21. The lowest BCUT2D eigenvalue weighted by atomic mass is 10.3. The zero-order chi connectivity index (χ0) is 7.40. The largest absolute Gasteiger partial charge is 0.378 e. The third-order valence-electron chi connectivity index (χ3n) is 1.49. The molecule has 0 N–H and O–H groups in total. The smallest absolute Gasteiger partial charge is 0.0642 e. The van der Waals surface area contributed by atoms with Gasteiger partial charge in [0, 0.05) is 13.1 Å². The van der Waals surface area contributed by atoms with Crippen LogP contribution in [0.4, 0.5) is 0 Å². The summed E-state index contributed by atoms with van der Waals surface area (Å²) in [5, 5.41) is 0. The minimum Gasteiger partial charge on any atom is -0.378 e. The molecule has 10 heavy (non-hydrogen) atoms. The number of nitrogens with zero attached hydrogens (tertiary/aromatic N) is 1. The molecule has 0 aromatic rings. The van der Waals surface area contributed by atoms with E-state index in [1.807, 2.05) is 0 Å². The van der Waals surface area contributed by atoms with Crippen LogP contribution in [-0.2, 0) is 4.74 Å². The molecule has 0 atom stereocenters. The first kappa shape index (κ1) is 7.61. The Bertz CT molecular complexity index is 121. The molecule has 1 saturated heterocycles. The summed E-state index contributed by atoms with van der Waals surface area (Å²) in [4.78, 5) is 2.30. The van der Waals surface area contributed by atoms with Crippen LogP contribution in [0.2, 0.25) is 0 Å². The molecule has 58 valence electrons. The fourth-order valence-electron chi connectivity index (χ4n) is 1.07. The van der Waals surface area contributed by atoms with Crippen LogP contribution in [0.15, 0.2) is 11.8 Å². The third kappa shape index (κ3) is 2.40. The number of ether oxygens (including phenoxy) is 1. The maximum Gasteiger partial charge on any atom is 0.0642 e. The predicted molar refractivity (Wildman–Crippen MR) is 41.8 cm³/mol. The van der Waals surface area contributed by atoms with Gasteiger partial charge in [0.15, 0.2) is 0 Å². The Hall–Kier alpha value is -0.500. The predicted octanol–water partition coefficient (Wildman–Crippen LogP) is 1.24. The summed E-state index contributed by atoms with van der Waals surface area (Å²) in [5.41, 5.74) is 1.36. The van der Waals surface area contributed by atoms with Crippen molar-refractivity contribution in [2.75, 3.05) is 26.3 Å². The summed E-state index contributed by atoms with van der Waals surface area (Å²) in [6.45, 7) is 8.09. The van der Waals surface area contributed by atoms with Crippen LogP contribution in [-0.4, -0.2) is 31.2 Å². The molecule has 0 aromatic carbocycles. The fraction of sp³-hybridized carbons (Fsp3) is 0.750. The number of rotatable bonds is 1. The van der Waals surface area contributed by atoms with E-state index in [9.17, 15) is 0 Å². The zero-order valence-electron chi connectivity index (χ0n) is 6.76. The summed E-state index contributed by atoms with van der Waals surface area (Å²) >= 11 is 0. The molecule has 1 aliphatic heterocycles. The Labute approximate surface area is 62.5 Å². The lowest BCUT2D eigenvalue weighted by Gasteiger charge is -2.25. The molecule has 0 unspecified atom stereocenters. The molecule has 0 saturated carbocycles.